The number of hydrogen-bond acceptors (Lipinski definition) is 3. The zero-order valence-corrected chi connectivity index (χ0v) is 9.56. The van der Waals surface area contributed by atoms with Crippen molar-refractivity contribution < 1.29 is 14.6 Å². The fourth-order valence-corrected chi connectivity index (χ4v) is 2.68. The van der Waals surface area contributed by atoms with Crippen LogP contribution in [0.3, 0.4) is 0 Å². The van der Waals surface area contributed by atoms with Gasteiger partial charge in [0.25, 0.3) is 0 Å². The maximum Gasteiger partial charge on any atom is 0.335 e. The Morgan fingerprint density at radius 3 is 3.06 bits per heavy atom. The molecule has 4 nitrogen and oxygen atoms in total. The maximum absolute atomic E-state index is 11.0. The van der Waals surface area contributed by atoms with E-state index < -0.39 is 5.97 Å². The summed E-state index contributed by atoms with van der Waals surface area (Å²) in [5.41, 5.74) is 2.71. The molecule has 1 unspecified atom stereocenters. The topological polar surface area (TPSA) is 49.8 Å². The summed E-state index contributed by atoms with van der Waals surface area (Å²) in [4.78, 5) is 13.3. The second kappa shape index (κ2) is 4.04. The summed E-state index contributed by atoms with van der Waals surface area (Å²) in [6.45, 7) is 2.55. The van der Waals surface area contributed by atoms with E-state index in [0.29, 0.717) is 11.6 Å². The Hall–Kier alpha value is -1.55. The number of benzene rings is 1. The van der Waals surface area contributed by atoms with Gasteiger partial charge in [-0.15, -0.1) is 0 Å². The molecular formula is C13H15NO3. The Bertz CT molecular complexity index is 452. The SMILES string of the molecule is O=C(O)c1ccc2c(c1)N(C1CCOC1)CC2. The highest BCUT2D eigenvalue weighted by molar-refractivity contribution is 5.89. The van der Waals surface area contributed by atoms with Gasteiger partial charge in [0, 0.05) is 18.8 Å². The molecule has 0 aromatic heterocycles. The second-order valence-corrected chi connectivity index (χ2v) is 4.61. The number of aromatic carboxylic acids is 1. The molecule has 4 heteroatoms. The second-order valence-electron chi connectivity index (χ2n) is 4.61. The fourth-order valence-electron chi connectivity index (χ4n) is 2.68. The van der Waals surface area contributed by atoms with Crippen molar-refractivity contribution in [2.24, 2.45) is 0 Å². The Kier molecular flexibility index (Phi) is 2.52. The lowest BCUT2D eigenvalue weighted by molar-refractivity contribution is 0.0697. The van der Waals surface area contributed by atoms with Gasteiger partial charge in [0.2, 0.25) is 0 Å². The van der Waals surface area contributed by atoms with Crippen molar-refractivity contribution in [3.05, 3.63) is 29.3 Å². The fraction of sp³-hybridized carbons (Fsp3) is 0.462. The van der Waals surface area contributed by atoms with Crippen molar-refractivity contribution >= 4 is 11.7 Å². The zero-order chi connectivity index (χ0) is 11.8. The average molecular weight is 233 g/mol. The van der Waals surface area contributed by atoms with Crippen molar-refractivity contribution in [3.63, 3.8) is 0 Å². The van der Waals surface area contributed by atoms with Gasteiger partial charge < -0.3 is 14.7 Å². The van der Waals surface area contributed by atoms with Crippen molar-refractivity contribution in [3.8, 4) is 0 Å². The first kappa shape index (κ1) is 10.6. The van der Waals surface area contributed by atoms with E-state index in [1.807, 2.05) is 6.07 Å². The summed E-state index contributed by atoms with van der Waals surface area (Å²) >= 11 is 0. The summed E-state index contributed by atoms with van der Waals surface area (Å²) in [6, 6.07) is 5.84. The van der Waals surface area contributed by atoms with Gasteiger partial charge in [0.1, 0.15) is 0 Å². The molecule has 1 aromatic carbocycles. The Morgan fingerprint density at radius 2 is 2.35 bits per heavy atom. The van der Waals surface area contributed by atoms with E-state index in [-0.39, 0.29) is 0 Å². The third kappa shape index (κ3) is 1.78. The van der Waals surface area contributed by atoms with E-state index in [0.717, 1.165) is 38.3 Å². The molecule has 1 N–H and O–H groups in total. The van der Waals surface area contributed by atoms with Gasteiger partial charge in [-0.3, -0.25) is 0 Å². The molecule has 0 radical (unpaired) electrons. The van der Waals surface area contributed by atoms with E-state index in [1.165, 1.54) is 5.56 Å². The molecule has 90 valence electrons. The molecule has 1 fully saturated rings. The van der Waals surface area contributed by atoms with Crippen LogP contribution in [0.1, 0.15) is 22.3 Å². The lowest BCUT2D eigenvalue weighted by Gasteiger charge is -2.25. The number of ether oxygens (including phenoxy) is 1. The first-order chi connectivity index (χ1) is 8.25. The molecule has 2 aliphatic rings. The third-order valence-corrected chi connectivity index (χ3v) is 3.61. The van der Waals surface area contributed by atoms with Crippen LogP contribution in [0, 0.1) is 0 Å². The average Bonchev–Trinajstić information content (AvgIpc) is 2.96. The maximum atomic E-state index is 11.0. The van der Waals surface area contributed by atoms with Gasteiger partial charge in [-0.1, -0.05) is 6.07 Å². The van der Waals surface area contributed by atoms with Crippen LogP contribution in [-0.2, 0) is 11.2 Å². The van der Waals surface area contributed by atoms with Crippen LogP contribution in [0.25, 0.3) is 0 Å². The minimum Gasteiger partial charge on any atom is -0.478 e. The number of nitrogens with zero attached hydrogens (tertiary/aromatic N) is 1. The molecule has 0 bridgehead atoms. The van der Waals surface area contributed by atoms with Crippen LogP contribution < -0.4 is 4.90 Å². The summed E-state index contributed by atoms with van der Waals surface area (Å²) < 4.78 is 5.40. The van der Waals surface area contributed by atoms with E-state index in [1.54, 1.807) is 12.1 Å². The largest absolute Gasteiger partial charge is 0.478 e. The van der Waals surface area contributed by atoms with E-state index in [4.69, 9.17) is 9.84 Å². The van der Waals surface area contributed by atoms with Gasteiger partial charge in [-0.05, 0) is 30.5 Å². The quantitative estimate of drug-likeness (QED) is 0.841. The van der Waals surface area contributed by atoms with Crippen molar-refractivity contribution in [1.29, 1.82) is 0 Å². The molecule has 0 aliphatic carbocycles. The Balaban J connectivity index is 1.93. The number of fused-ring (bicyclic) bond motifs is 1. The minimum absolute atomic E-state index is 0.370. The number of rotatable bonds is 2. The normalized spacial score (nSPS) is 22.8. The highest BCUT2D eigenvalue weighted by atomic mass is 16.5. The lowest BCUT2D eigenvalue weighted by Crippen LogP contribution is -2.34. The molecule has 17 heavy (non-hydrogen) atoms. The minimum atomic E-state index is -0.859. The highest BCUT2D eigenvalue weighted by Gasteiger charge is 2.29. The van der Waals surface area contributed by atoms with Crippen LogP contribution in [0.4, 0.5) is 5.69 Å². The summed E-state index contributed by atoms with van der Waals surface area (Å²) in [6.07, 6.45) is 2.04. The predicted octanol–water partition coefficient (Wildman–Crippen LogP) is 1.54. The molecule has 2 aliphatic heterocycles. The summed E-state index contributed by atoms with van der Waals surface area (Å²) in [5.74, 6) is -0.859. The number of carboxylic acid groups (broad SMARTS) is 1. The van der Waals surface area contributed by atoms with E-state index in [9.17, 15) is 4.79 Å². The first-order valence-electron chi connectivity index (χ1n) is 5.96. The Morgan fingerprint density at radius 1 is 1.47 bits per heavy atom. The first-order valence-corrected chi connectivity index (χ1v) is 5.96. The van der Waals surface area contributed by atoms with Crippen molar-refractivity contribution in [2.75, 3.05) is 24.7 Å². The summed E-state index contributed by atoms with van der Waals surface area (Å²) in [7, 11) is 0. The van der Waals surface area contributed by atoms with Crippen molar-refractivity contribution in [2.45, 2.75) is 18.9 Å². The van der Waals surface area contributed by atoms with Crippen LogP contribution in [0.5, 0.6) is 0 Å². The highest BCUT2D eigenvalue weighted by Crippen LogP contribution is 2.32. The monoisotopic (exact) mass is 233 g/mol. The number of hydrogen-bond donors (Lipinski definition) is 1. The number of carbonyl (C=O) groups is 1. The van der Waals surface area contributed by atoms with Crippen molar-refractivity contribution in [1.82, 2.24) is 0 Å². The van der Waals surface area contributed by atoms with Gasteiger partial charge in [-0.2, -0.15) is 0 Å². The van der Waals surface area contributed by atoms with Crippen LogP contribution in [0.15, 0.2) is 18.2 Å². The number of anilines is 1. The molecule has 1 saturated heterocycles. The smallest absolute Gasteiger partial charge is 0.335 e. The molecule has 0 saturated carbocycles. The predicted molar refractivity (Wildman–Crippen MR) is 63.7 cm³/mol. The number of carboxylic acids is 1. The molecule has 3 rings (SSSR count). The summed E-state index contributed by atoms with van der Waals surface area (Å²) in [5, 5.41) is 9.02. The van der Waals surface area contributed by atoms with E-state index >= 15 is 0 Å². The standard InChI is InChI=1S/C13H15NO3/c15-13(16)10-2-1-9-3-5-14(12(9)7-10)11-4-6-17-8-11/h1-2,7,11H,3-6,8H2,(H,15,16). The molecule has 1 atom stereocenters. The molecule has 0 amide bonds. The van der Waals surface area contributed by atoms with Gasteiger partial charge in [0.15, 0.2) is 0 Å². The molecular weight excluding hydrogens is 218 g/mol. The third-order valence-electron chi connectivity index (χ3n) is 3.61. The Labute approximate surface area is 99.8 Å². The van der Waals surface area contributed by atoms with E-state index in [2.05, 4.69) is 4.90 Å². The van der Waals surface area contributed by atoms with Gasteiger partial charge in [0.05, 0.1) is 18.2 Å². The molecule has 2 heterocycles. The van der Waals surface area contributed by atoms with Crippen LogP contribution >= 0.6 is 0 Å². The molecule has 0 spiro atoms. The van der Waals surface area contributed by atoms with Gasteiger partial charge in [-0.25, -0.2) is 4.79 Å². The van der Waals surface area contributed by atoms with Crippen LogP contribution in [0.2, 0.25) is 0 Å². The zero-order valence-electron chi connectivity index (χ0n) is 9.56. The molecule has 1 aromatic rings. The van der Waals surface area contributed by atoms with Gasteiger partial charge >= 0.3 is 5.97 Å². The lowest BCUT2D eigenvalue weighted by atomic mass is 10.1. The van der Waals surface area contributed by atoms with Crippen LogP contribution in [-0.4, -0.2) is 36.9 Å².